The molecule has 0 amide bonds. The lowest BCUT2D eigenvalue weighted by Crippen LogP contribution is -2.00. The smallest absolute Gasteiger partial charge is 0.303 e. The normalized spacial score (nSPS) is 9.81. The van der Waals surface area contributed by atoms with Crippen molar-refractivity contribution in [1.82, 2.24) is 0 Å². The predicted octanol–water partition coefficient (Wildman–Crippen LogP) is 1.62. The highest BCUT2D eigenvalue weighted by Gasteiger charge is 2.12. The molecule has 0 aliphatic heterocycles. The lowest BCUT2D eigenvalue weighted by Gasteiger charge is -2.06. The zero-order chi connectivity index (χ0) is 12.1. The summed E-state index contributed by atoms with van der Waals surface area (Å²) in [6.45, 7) is 0. The highest BCUT2D eigenvalue weighted by atomic mass is 16.6. The first-order valence-electron chi connectivity index (χ1n) is 4.57. The van der Waals surface area contributed by atoms with Gasteiger partial charge in [0.15, 0.2) is 0 Å². The number of nitro benzene ring substituents is 1. The molecule has 1 N–H and O–H groups in total. The number of benzene rings is 1. The molecule has 0 spiro atoms. The Kier molecular flexibility index (Phi) is 3.82. The van der Waals surface area contributed by atoms with Crippen LogP contribution in [0.15, 0.2) is 18.2 Å². The summed E-state index contributed by atoms with van der Waals surface area (Å²) in [4.78, 5) is 20.4. The average molecular weight is 225 g/mol. The van der Waals surface area contributed by atoms with Crippen LogP contribution in [0.4, 0.5) is 5.69 Å². The molecule has 0 bridgehead atoms. The highest BCUT2D eigenvalue weighted by molar-refractivity contribution is 5.67. The monoisotopic (exact) mass is 225 g/mol. The molecule has 1 rings (SSSR count). The molecular formula is C10H11NO5. The maximum atomic E-state index is 10.5. The van der Waals surface area contributed by atoms with Gasteiger partial charge in [0.2, 0.25) is 0 Å². The lowest BCUT2D eigenvalue weighted by molar-refractivity contribution is -0.384. The van der Waals surface area contributed by atoms with Crippen molar-refractivity contribution in [3.8, 4) is 5.75 Å². The van der Waals surface area contributed by atoms with Crippen LogP contribution in [0, 0.1) is 10.1 Å². The molecule has 0 saturated carbocycles. The molecule has 0 aromatic heterocycles. The second kappa shape index (κ2) is 5.11. The molecule has 86 valence electrons. The quantitative estimate of drug-likeness (QED) is 0.607. The maximum Gasteiger partial charge on any atom is 0.303 e. The van der Waals surface area contributed by atoms with Crippen LogP contribution in [0.5, 0.6) is 5.75 Å². The minimum absolute atomic E-state index is 0.0683. The molecular weight excluding hydrogens is 214 g/mol. The van der Waals surface area contributed by atoms with E-state index in [0.717, 1.165) is 0 Å². The lowest BCUT2D eigenvalue weighted by atomic mass is 10.1. The van der Waals surface area contributed by atoms with Crippen molar-refractivity contribution in [2.75, 3.05) is 7.11 Å². The molecule has 0 unspecified atom stereocenters. The predicted molar refractivity (Wildman–Crippen MR) is 55.6 cm³/mol. The minimum Gasteiger partial charge on any atom is -0.496 e. The van der Waals surface area contributed by atoms with Gasteiger partial charge in [-0.15, -0.1) is 0 Å². The zero-order valence-electron chi connectivity index (χ0n) is 8.67. The highest BCUT2D eigenvalue weighted by Crippen LogP contribution is 2.24. The summed E-state index contributed by atoms with van der Waals surface area (Å²) in [7, 11) is 1.44. The topological polar surface area (TPSA) is 89.7 Å². The fourth-order valence-electron chi connectivity index (χ4n) is 1.32. The summed E-state index contributed by atoms with van der Waals surface area (Å²) >= 11 is 0. The zero-order valence-corrected chi connectivity index (χ0v) is 8.67. The summed E-state index contributed by atoms with van der Waals surface area (Å²) in [5.41, 5.74) is 0.459. The molecule has 0 radical (unpaired) electrons. The van der Waals surface area contributed by atoms with E-state index in [9.17, 15) is 14.9 Å². The molecule has 0 aliphatic rings. The van der Waals surface area contributed by atoms with Gasteiger partial charge in [-0.1, -0.05) is 0 Å². The number of hydrogen-bond acceptors (Lipinski definition) is 4. The number of carboxylic acid groups (broad SMARTS) is 1. The third-order valence-electron chi connectivity index (χ3n) is 2.08. The number of ether oxygens (including phenoxy) is 1. The molecule has 0 aliphatic carbocycles. The number of nitro groups is 1. The molecule has 6 heteroatoms. The van der Waals surface area contributed by atoms with Crippen molar-refractivity contribution in [1.29, 1.82) is 0 Å². The molecule has 0 atom stereocenters. The van der Waals surface area contributed by atoms with E-state index in [-0.39, 0.29) is 18.5 Å². The number of aryl methyl sites for hydroxylation is 1. The van der Waals surface area contributed by atoms with Gasteiger partial charge in [-0.25, -0.2) is 0 Å². The number of carbonyl (C=O) groups is 1. The molecule has 1 aromatic carbocycles. The van der Waals surface area contributed by atoms with Crippen molar-refractivity contribution in [3.63, 3.8) is 0 Å². The Bertz CT molecular complexity index is 416. The van der Waals surface area contributed by atoms with Crippen molar-refractivity contribution >= 4 is 11.7 Å². The van der Waals surface area contributed by atoms with Crippen LogP contribution in [0.2, 0.25) is 0 Å². The van der Waals surface area contributed by atoms with E-state index in [1.165, 1.54) is 25.3 Å². The number of hydrogen-bond donors (Lipinski definition) is 1. The van der Waals surface area contributed by atoms with Gasteiger partial charge in [-0.05, 0) is 12.5 Å². The van der Waals surface area contributed by atoms with E-state index in [2.05, 4.69) is 0 Å². The van der Waals surface area contributed by atoms with Gasteiger partial charge in [0.25, 0.3) is 5.69 Å². The van der Waals surface area contributed by atoms with Gasteiger partial charge >= 0.3 is 5.97 Å². The van der Waals surface area contributed by atoms with Gasteiger partial charge in [-0.2, -0.15) is 0 Å². The van der Waals surface area contributed by atoms with Gasteiger partial charge in [0.05, 0.1) is 12.0 Å². The minimum atomic E-state index is -0.950. The second-order valence-corrected chi connectivity index (χ2v) is 3.15. The molecule has 1 aromatic rings. The first-order chi connectivity index (χ1) is 7.54. The van der Waals surface area contributed by atoms with Crippen molar-refractivity contribution in [3.05, 3.63) is 33.9 Å². The van der Waals surface area contributed by atoms with Gasteiger partial charge < -0.3 is 9.84 Å². The fourth-order valence-corrected chi connectivity index (χ4v) is 1.32. The third kappa shape index (κ3) is 2.94. The summed E-state index contributed by atoms with van der Waals surface area (Å²) in [5.74, 6) is -0.486. The summed E-state index contributed by atoms with van der Waals surface area (Å²) in [5, 5.41) is 19.1. The Morgan fingerprint density at radius 2 is 2.25 bits per heavy atom. The summed E-state index contributed by atoms with van der Waals surface area (Å²) in [6.07, 6.45) is 0.123. The average Bonchev–Trinajstić information content (AvgIpc) is 2.25. The van der Waals surface area contributed by atoms with Crippen LogP contribution in [0.25, 0.3) is 0 Å². The number of carboxylic acids is 1. The number of methoxy groups -OCH3 is 1. The Hall–Kier alpha value is -2.11. The molecule has 0 heterocycles. The Labute approximate surface area is 91.6 Å². The van der Waals surface area contributed by atoms with Gasteiger partial charge in [0.1, 0.15) is 5.75 Å². The SMILES string of the molecule is COc1ccc([N+](=O)[O-])cc1CCC(=O)O. The molecule has 0 fully saturated rings. The van der Waals surface area contributed by atoms with Crippen LogP contribution in [-0.4, -0.2) is 23.1 Å². The van der Waals surface area contributed by atoms with E-state index in [1.54, 1.807) is 0 Å². The van der Waals surface area contributed by atoms with Crippen LogP contribution >= 0.6 is 0 Å². The van der Waals surface area contributed by atoms with Gasteiger partial charge in [-0.3, -0.25) is 14.9 Å². The largest absolute Gasteiger partial charge is 0.496 e. The Morgan fingerprint density at radius 1 is 1.56 bits per heavy atom. The van der Waals surface area contributed by atoms with E-state index in [0.29, 0.717) is 11.3 Å². The molecule has 6 nitrogen and oxygen atoms in total. The second-order valence-electron chi connectivity index (χ2n) is 3.15. The van der Waals surface area contributed by atoms with Gasteiger partial charge in [0, 0.05) is 24.1 Å². The molecule has 0 saturated heterocycles. The van der Waals surface area contributed by atoms with E-state index in [1.807, 2.05) is 0 Å². The number of aliphatic carboxylic acids is 1. The van der Waals surface area contributed by atoms with Crippen molar-refractivity contribution in [2.24, 2.45) is 0 Å². The van der Waals surface area contributed by atoms with Crippen LogP contribution in [-0.2, 0) is 11.2 Å². The first-order valence-corrected chi connectivity index (χ1v) is 4.57. The van der Waals surface area contributed by atoms with Crippen molar-refractivity contribution < 1.29 is 19.6 Å². The fraction of sp³-hybridized carbons (Fsp3) is 0.300. The Morgan fingerprint density at radius 3 is 2.75 bits per heavy atom. The van der Waals surface area contributed by atoms with Crippen molar-refractivity contribution in [2.45, 2.75) is 12.8 Å². The Balaban J connectivity index is 2.97. The number of rotatable bonds is 5. The van der Waals surface area contributed by atoms with Crippen LogP contribution in [0.3, 0.4) is 0 Å². The van der Waals surface area contributed by atoms with Crippen LogP contribution < -0.4 is 4.74 Å². The van der Waals surface area contributed by atoms with E-state index < -0.39 is 10.9 Å². The van der Waals surface area contributed by atoms with E-state index in [4.69, 9.17) is 9.84 Å². The van der Waals surface area contributed by atoms with E-state index >= 15 is 0 Å². The standard InChI is InChI=1S/C10H11NO5/c1-16-9-4-3-8(11(14)15)6-7(9)2-5-10(12)13/h3-4,6H,2,5H2,1H3,(H,12,13). The maximum absolute atomic E-state index is 10.5. The number of non-ortho nitro benzene ring substituents is 1. The van der Waals surface area contributed by atoms with Crippen LogP contribution in [0.1, 0.15) is 12.0 Å². The first kappa shape index (κ1) is 12.0. The third-order valence-corrected chi connectivity index (χ3v) is 2.08. The summed E-state index contributed by atoms with van der Waals surface area (Å²) in [6, 6.07) is 4.13. The molecule has 16 heavy (non-hydrogen) atoms. The number of nitrogens with zero attached hydrogens (tertiary/aromatic N) is 1. The summed E-state index contributed by atoms with van der Waals surface area (Å²) < 4.78 is 5.00.